The quantitative estimate of drug-likeness (QED) is 0.438. The number of carbonyl (C=O) groups excluding carboxylic acids is 1. The molecule has 0 unspecified atom stereocenters. The molecule has 0 bridgehead atoms. The number of hydrogen-bond acceptors (Lipinski definition) is 4. The maximum absolute atomic E-state index is 13.8. The smallest absolute Gasteiger partial charge is 0.276 e. The van der Waals surface area contributed by atoms with Crippen molar-refractivity contribution in [2.45, 2.75) is 33.0 Å². The van der Waals surface area contributed by atoms with Crippen LogP contribution >= 0.6 is 0 Å². The van der Waals surface area contributed by atoms with E-state index in [1.807, 2.05) is 24.3 Å². The number of nitrogens with one attached hydrogen (secondary N) is 1. The van der Waals surface area contributed by atoms with Crippen LogP contribution in [0.2, 0.25) is 0 Å². The van der Waals surface area contributed by atoms with Crippen molar-refractivity contribution in [1.82, 2.24) is 19.6 Å². The number of hydrogen-bond donors (Lipinski definition) is 1. The van der Waals surface area contributed by atoms with Crippen molar-refractivity contribution in [1.29, 1.82) is 0 Å². The molecular weight excluding hydrogens is 409 g/mol. The molecule has 32 heavy (non-hydrogen) atoms. The Balaban J connectivity index is 1.32. The summed E-state index contributed by atoms with van der Waals surface area (Å²) in [4.78, 5) is 12.5. The van der Waals surface area contributed by atoms with Gasteiger partial charge in [0.25, 0.3) is 5.91 Å². The van der Waals surface area contributed by atoms with E-state index in [1.54, 1.807) is 46.0 Å². The van der Waals surface area contributed by atoms with Crippen molar-refractivity contribution in [2.75, 3.05) is 5.32 Å². The second-order valence-corrected chi connectivity index (χ2v) is 7.71. The van der Waals surface area contributed by atoms with Crippen LogP contribution in [0.3, 0.4) is 0 Å². The zero-order valence-corrected chi connectivity index (χ0v) is 17.9. The van der Waals surface area contributed by atoms with Crippen LogP contribution in [0.25, 0.3) is 0 Å². The Hall–Kier alpha value is -3.94. The molecule has 0 fully saturated rings. The molecule has 1 amide bonds. The van der Waals surface area contributed by atoms with E-state index in [0.29, 0.717) is 17.2 Å². The summed E-state index contributed by atoms with van der Waals surface area (Å²) >= 11 is 0. The van der Waals surface area contributed by atoms with Gasteiger partial charge < -0.3 is 10.1 Å². The molecular formula is C24H24FN5O2. The maximum Gasteiger partial charge on any atom is 0.276 e. The van der Waals surface area contributed by atoms with E-state index < -0.39 is 0 Å². The predicted molar refractivity (Wildman–Crippen MR) is 119 cm³/mol. The van der Waals surface area contributed by atoms with Crippen LogP contribution in [0.4, 0.5) is 10.1 Å². The Morgan fingerprint density at radius 2 is 1.88 bits per heavy atom. The maximum atomic E-state index is 13.8. The highest BCUT2D eigenvalue weighted by Gasteiger charge is 2.12. The largest absolute Gasteiger partial charge is 0.471 e. The van der Waals surface area contributed by atoms with Crippen LogP contribution in [0.5, 0.6) is 5.75 Å². The molecule has 8 heteroatoms. The van der Waals surface area contributed by atoms with Gasteiger partial charge in [-0.3, -0.25) is 9.48 Å². The summed E-state index contributed by atoms with van der Waals surface area (Å²) in [6.07, 6.45) is 4.84. The molecule has 4 aromatic rings. The van der Waals surface area contributed by atoms with Gasteiger partial charge in [0.2, 0.25) is 0 Å². The first kappa shape index (κ1) is 21.3. The lowest BCUT2D eigenvalue weighted by atomic mass is 10.0. The third-order valence-electron chi connectivity index (χ3n) is 4.96. The molecule has 0 aliphatic rings. The first-order valence-electron chi connectivity index (χ1n) is 10.3. The number of ether oxygens (including phenoxy) is 1. The van der Waals surface area contributed by atoms with Gasteiger partial charge >= 0.3 is 0 Å². The average Bonchev–Trinajstić information content (AvgIpc) is 3.44. The fourth-order valence-electron chi connectivity index (χ4n) is 3.16. The normalized spacial score (nSPS) is 11.0. The fourth-order valence-corrected chi connectivity index (χ4v) is 3.16. The summed E-state index contributed by atoms with van der Waals surface area (Å²) in [6.45, 7) is 4.74. The summed E-state index contributed by atoms with van der Waals surface area (Å²) in [5.74, 6) is 0.536. The van der Waals surface area contributed by atoms with E-state index >= 15 is 0 Å². The lowest BCUT2D eigenvalue weighted by Gasteiger charge is -2.09. The molecule has 0 aliphatic heterocycles. The highest BCUT2D eigenvalue weighted by atomic mass is 19.1. The minimum Gasteiger partial charge on any atom is -0.471 e. The number of anilines is 1. The average molecular weight is 433 g/mol. The van der Waals surface area contributed by atoms with Crippen molar-refractivity contribution in [3.05, 3.63) is 95.8 Å². The van der Waals surface area contributed by atoms with Crippen molar-refractivity contribution >= 4 is 11.6 Å². The summed E-state index contributed by atoms with van der Waals surface area (Å²) in [7, 11) is 0. The van der Waals surface area contributed by atoms with Crippen LogP contribution in [-0.4, -0.2) is 25.5 Å². The summed E-state index contributed by atoms with van der Waals surface area (Å²) in [6, 6.07) is 16.0. The van der Waals surface area contributed by atoms with Gasteiger partial charge in [-0.25, -0.2) is 9.07 Å². The van der Waals surface area contributed by atoms with Crippen LogP contribution in [0.1, 0.15) is 41.4 Å². The third kappa shape index (κ3) is 5.21. The number of carbonyl (C=O) groups is 1. The molecule has 0 spiro atoms. The molecule has 0 saturated carbocycles. The standard InChI is InChI=1S/C24H24FN5O2/c1-17(2)18-7-9-21(10-8-18)32-16-29-12-11-23(28-29)24(31)27-20-13-26-30(15-20)14-19-5-3-4-6-22(19)25/h3-13,15,17H,14,16H2,1-2H3,(H,27,31). The number of nitrogens with zero attached hydrogens (tertiary/aromatic N) is 4. The topological polar surface area (TPSA) is 74.0 Å². The first-order valence-corrected chi connectivity index (χ1v) is 10.3. The van der Waals surface area contributed by atoms with Crippen LogP contribution in [0.15, 0.2) is 73.2 Å². The lowest BCUT2D eigenvalue weighted by Crippen LogP contribution is -2.14. The molecule has 2 aromatic heterocycles. The van der Waals surface area contributed by atoms with E-state index in [2.05, 4.69) is 29.4 Å². The third-order valence-corrected chi connectivity index (χ3v) is 4.96. The highest BCUT2D eigenvalue weighted by molar-refractivity contribution is 6.02. The molecule has 2 aromatic carbocycles. The predicted octanol–water partition coefficient (Wildman–Crippen LogP) is 4.68. The van der Waals surface area contributed by atoms with Gasteiger partial charge in [-0.15, -0.1) is 0 Å². The molecule has 0 aliphatic carbocycles. The van der Waals surface area contributed by atoms with Crippen LogP contribution in [-0.2, 0) is 13.3 Å². The Labute approximate surface area is 185 Å². The number of rotatable bonds is 8. The minimum absolute atomic E-state index is 0.189. The Morgan fingerprint density at radius 1 is 1.09 bits per heavy atom. The monoisotopic (exact) mass is 433 g/mol. The zero-order chi connectivity index (χ0) is 22.5. The molecule has 2 heterocycles. The number of halogens is 1. The first-order chi connectivity index (χ1) is 15.5. The van der Waals surface area contributed by atoms with Gasteiger partial charge in [-0.1, -0.05) is 44.2 Å². The van der Waals surface area contributed by atoms with E-state index in [4.69, 9.17) is 4.74 Å². The van der Waals surface area contributed by atoms with E-state index in [0.717, 1.165) is 5.75 Å². The molecule has 4 rings (SSSR count). The van der Waals surface area contributed by atoms with Crippen molar-refractivity contribution in [3.63, 3.8) is 0 Å². The summed E-state index contributed by atoms with van der Waals surface area (Å²) in [5, 5.41) is 11.2. The highest BCUT2D eigenvalue weighted by Crippen LogP contribution is 2.19. The van der Waals surface area contributed by atoms with Crippen LogP contribution in [0, 0.1) is 5.82 Å². The zero-order valence-electron chi connectivity index (χ0n) is 17.9. The van der Waals surface area contributed by atoms with Gasteiger partial charge in [-0.2, -0.15) is 10.2 Å². The Kier molecular flexibility index (Phi) is 6.30. The van der Waals surface area contributed by atoms with Gasteiger partial charge in [-0.05, 0) is 35.7 Å². The van der Waals surface area contributed by atoms with Gasteiger partial charge in [0.15, 0.2) is 12.4 Å². The number of aromatic nitrogens is 4. The van der Waals surface area contributed by atoms with Gasteiger partial charge in [0.05, 0.1) is 18.4 Å². The van der Waals surface area contributed by atoms with E-state index in [-0.39, 0.29) is 30.7 Å². The molecule has 0 saturated heterocycles. The van der Waals surface area contributed by atoms with Crippen LogP contribution < -0.4 is 10.1 Å². The summed E-state index contributed by atoms with van der Waals surface area (Å²) < 4.78 is 22.6. The molecule has 0 atom stereocenters. The molecule has 7 nitrogen and oxygen atoms in total. The van der Waals surface area contributed by atoms with Gasteiger partial charge in [0, 0.05) is 18.0 Å². The summed E-state index contributed by atoms with van der Waals surface area (Å²) in [5.41, 5.74) is 2.52. The molecule has 1 N–H and O–H groups in total. The Morgan fingerprint density at radius 3 is 2.62 bits per heavy atom. The van der Waals surface area contributed by atoms with Crippen molar-refractivity contribution in [3.8, 4) is 5.75 Å². The SMILES string of the molecule is CC(C)c1ccc(OCn2ccc(C(=O)Nc3cnn(Cc4ccccc4F)c3)n2)cc1. The van der Waals surface area contributed by atoms with Crippen molar-refractivity contribution in [2.24, 2.45) is 0 Å². The minimum atomic E-state index is -0.365. The van der Waals surface area contributed by atoms with E-state index in [1.165, 1.54) is 17.8 Å². The Bertz CT molecular complexity index is 1200. The molecule has 0 radical (unpaired) electrons. The number of benzene rings is 2. The van der Waals surface area contributed by atoms with E-state index in [9.17, 15) is 9.18 Å². The second kappa shape index (κ2) is 9.47. The lowest BCUT2D eigenvalue weighted by molar-refractivity contribution is 0.102. The second-order valence-electron chi connectivity index (χ2n) is 7.71. The molecule has 164 valence electrons. The van der Waals surface area contributed by atoms with Crippen molar-refractivity contribution < 1.29 is 13.9 Å². The fraction of sp³-hybridized carbons (Fsp3) is 0.208. The van der Waals surface area contributed by atoms with Gasteiger partial charge in [0.1, 0.15) is 11.6 Å². The number of amides is 1.